The summed E-state index contributed by atoms with van der Waals surface area (Å²) in [4.78, 5) is 3.09. The molecule has 1 atom stereocenters. The number of hydrogen-bond acceptors (Lipinski definition) is 2. The van der Waals surface area contributed by atoms with E-state index in [1.165, 1.54) is 15.9 Å². The monoisotopic (exact) mass is 427 g/mol. The predicted octanol–water partition coefficient (Wildman–Crippen LogP) is 6.31. The van der Waals surface area contributed by atoms with Crippen LogP contribution in [0.3, 0.4) is 0 Å². The zero-order chi connectivity index (χ0) is 21.9. The zero-order valence-corrected chi connectivity index (χ0v) is 19.5. The summed E-state index contributed by atoms with van der Waals surface area (Å²) in [5.74, 6) is 0.935. The molecular formula is C26H29N3OSi. The lowest BCUT2D eigenvalue weighted by Gasteiger charge is -2.43. The molecule has 0 aliphatic heterocycles. The van der Waals surface area contributed by atoms with Gasteiger partial charge in [-0.25, -0.2) is 0 Å². The third-order valence-corrected chi connectivity index (χ3v) is 11.2. The van der Waals surface area contributed by atoms with E-state index in [1.54, 1.807) is 0 Å². The summed E-state index contributed by atoms with van der Waals surface area (Å²) < 4.78 is 7.27. The molecule has 4 nitrogen and oxygen atoms in total. The van der Waals surface area contributed by atoms with Crippen LogP contribution >= 0.6 is 0 Å². The summed E-state index contributed by atoms with van der Waals surface area (Å²) in [6, 6.07) is 27.5. The largest absolute Gasteiger partial charge is 0.534 e. The molecule has 0 saturated heterocycles. The van der Waals surface area contributed by atoms with Gasteiger partial charge < -0.3 is 4.43 Å². The molecule has 0 bridgehead atoms. The van der Waals surface area contributed by atoms with Crippen LogP contribution in [0.1, 0.15) is 50.8 Å². The minimum Gasteiger partial charge on any atom is -0.534 e. The Morgan fingerprint density at radius 1 is 0.903 bits per heavy atom. The summed E-state index contributed by atoms with van der Waals surface area (Å²) in [7, 11) is -2.69. The van der Waals surface area contributed by atoms with Gasteiger partial charge in [-0.2, -0.15) is 0 Å². The number of rotatable bonds is 5. The van der Waals surface area contributed by atoms with Gasteiger partial charge in [-0.15, -0.1) is 0 Å². The van der Waals surface area contributed by atoms with E-state index in [2.05, 4.69) is 104 Å². The first-order valence-electron chi connectivity index (χ1n) is 10.9. The van der Waals surface area contributed by atoms with Gasteiger partial charge >= 0.3 is 8.32 Å². The topological polar surface area (TPSA) is 58.0 Å². The lowest BCUT2D eigenvalue weighted by molar-refractivity contribution is 0.487. The van der Waals surface area contributed by atoms with Crippen LogP contribution in [-0.4, -0.2) is 8.32 Å². The molecule has 5 heteroatoms. The van der Waals surface area contributed by atoms with Gasteiger partial charge in [0.05, 0.1) is 6.04 Å². The maximum atomic E-state index is 9.04. The maximum absolute atomic E-state index is 9.04. The zero-order valence-electron chi connectivity index (χ0n) is 18.5. The van der Waals surface area contributed by atoms with Crippen molar-refractivity contribution in [3.63, 3.8) is 0 Å². The van der Waals surface area contributed by atoms with Crippen LogP contribution in [-0.2, 0) is 6.42 Å². The molecule has 1 aliphatic carbocycles. The van der Waals surface area contributed by atoms with Gasteiger partial charge in [0.1, 0.15) is 5.75 Å². The van der Waals surface area contributed by atoms with Gasteiger partial charge in [0.15, 0.2) is 0 Å². The van der Waals surface area contributed by atoms with Gasteiger partial charge in [0.25, 0.3) is 0 Å². The molecule has 31 heavy (non-hydrogen) atoms. The molecule has 1 unspecified atom stereocenters. The fourth-order valence-corrected chi connectivity index (χ4v) is 9.33. The molecule has 0 N–H and O–H groups in total. The number of nitrogens with zero attached hydrogens (tertiary/aromatic N) is 3. The van der Waals surface area contributed by atoms with Crippen molar-refractivity contribution in [1.82, 2.24) is 0 Å². The quantitative estimate of drug-likeness (QED) is 0.204. The molecule has 0 saturated carbocycles. The first kappa shape index (κ1) is 21.2. The highest BCUT2D eigenvalue weighted by atomic mass is 28.4. The Kier molecular flexibility index (Phi) is 5.90. The standard InChI is InChI=1S/C26H29N3OSi/c1-26(2,3)31(20-12-6-4-7-13-20,21-14-8-5-9-15-21)30-25-19-11-16-22-23(25)17-10-18-24(22)28-29-27/h4-9,11-16,19,24H,10,17-18H2,1-3H3. The van der Waals surface area contributed by atoms with E-state index in [0.29, 0.717) is 0 Å². The highest BCUT2D eigenvalue weighted by Gasteiger charge is 2.52. The van der Waals surface area contributed by atoms with E-state index < -0.39 is 8.32 Å². The third kappa shape index (κ3) is 3.87. The molecule has 0 fully saturated rings. The Hall–Kier alpha value is -3.01. The fraction of sp³-hybridized carbons (Fsp3) is 0.308. The number of hydrogen-bond donors (Lipinski definition) is 0. The highest BCUT2D eigenvalue weighted by Crippen LogP contribution is 2.42. The van der Waals surface area contributed by atoms with Gasteiger partial charge in [0, 0.05) is 4.91 Å². The van der Waals surface area contributed by atoms with Crippen molar-refractivity contribution in [3.05, 3.63) is 100 Å². The molecule has 158 valence electrons. The molecule has 4 rings (SSSR count). The summed E-state index contributed by atoms with van der Waals surface area (Å²) in [6.07, 6.45) is 2.83. The molecule has 1 aliphatic rings. The van der Waals surface area contributed by atoms with Crippen LogP contribution in [0.2, 0.25) is 5.04 Å². The van der Waals surface area contributed by atoms with Crippen LogP contribution in [0.15, 0.2) is 84.0 Å². The summed E-state index contributed by atoms with van der Waals surface area (Å²) >= 11 is 0. The minimum atomic E-state index is -2.69. The van der Waals surface area contributed by atoms with Crippen molar-refractivity contribution in [2.24, 2.45) is 5.11 Å². The second kappa shape index (κ2) is 8.62. The van der Waals surface area contributed by atoms with Crippen molar-refractivity contribution < 1.29 is 4.43 Å². The number of fused-ring (bicyclic) bond motifs is 1. The normalized spacial score (nSPS) is 16.2. The maximum Gasteiger partial charge on any atom is 0.319 e. The first-order chi connectivity index (χ1) is 15.0. The first-order valence-corrected chi connectivity index (χ1v) is 12.8. The van der Waals surface area contributed by atoms with E-state index >= 15 is 0 Å². The molecule has 3 aromatic carbocycles. The van der Waals surface area contributed by atoms with Crippen LogP contribution < -0.4 is 14.8 Å². The lowest BCUT2D eigenvalue weighted by Crippen LogP contribution is -2.69. The molecule has 3 aromatic rings. The molecule has 0 heterocycles. The summed E-state index contributed by atoms with van der Waals surface area (Å²) in [5, 5.41) is 6.48. The van der Waals surface area contributed by atoms with Crippen LogP contribution in [0, 0.1) is 0 Å². The number of benzene rings is 3. The van der Waals surface area contributed by atoms with Gasteiger partial charge in [-0.3, -0.25) is 0 Å². The van der Waals surface area contributed by atoms with Gasteiger partial charge in [-0.05, 0) is 57.4 Å². The Morgan fingerprint density at radius 3 is 2.06 bits per heavy atom. The molecular weight excluding hydrogens is 398 g/mol. The highest BCUT2D eigenvalue weighted by molar-refractivity contribution is 7.00. The molecule has 0 spiro atoms. The predicted molar refractivity (Wildman–Crippen MR) is 130 cm³/mol. The van der Waals surface area contributed by atoms with Crippen molar-refractivity contribution >= 4 is 18.7 Å². The van der Waals surface area contributed by atoms with Crippen molar-refractivity contribution in [2.75, 3.05) is 0 Å². The van der Waals surface area contributed by atoms with Crippen molar-refractivity contribution in [3.8, 4) is 5.75 Å². The van der Waals surface area contributed by atoms with E-state index in [4.69, 9.17) is 9.96 Å². The third-order valence-electron chi connectivity index (χ3n) is 6.30. The summed E-state index contributed by atoms with van der Waals surface area (Å²) in [6.45, 7) is 6.87. The fourth-order valence-electron chi connectivity index (χ4n) is 4.88. The SMILES string of the molecule is CC(C)(C)[Si](Oc1cccc2c1CCCC2N=[N+]=[N-])(c1ccccc1)c1ccccc1. The van der Waals surface area contributed by atoms with Crippen molar-refractivity contribution in [1.29, 1.82) is 0 Å². The second-order valence-corrected chi connectivity index (χ2v) is 13.4. The van der Waals surface area contributed by atoms with E-state index in [0.717, 1.165) is 30.6 Å². The van der Waals surface area contributed by atoms with E-state index in [1.807, 2.05) is 6.07 Å². The van der Waals surface area contributed by atoms with Gasteiger partial charge in [-0.1, -0.05) is 98.7 Å². The van der Waals surface area contributed by atoms with Crippen LogP contribution in [0.4, 0.5) is 0 Å². The van der Waals surface area contributed by atoms with Crippen LogP contribution in [0.5, 0.6) is 5.75 Å². The Morgan fingerprint density at radius 2 is 1.52 bits per heavy atom. The Balaban J connectivity index is 1.93. The number of azide groups is 1. The average molecular weight is 428 g/mol. The van der Waals surface area contributed by atoms with Crippen LogP contribution in [0.25, 0.3) is 10.4 Å². The average Bonchev–Trinajstić information content (AvgIpc) is 2.78. The van der Waals surface area contributed by atoms with E-state index in [9.17, 15) is 0 Å². The van der Waals surface area contributed by atoms with E-state index in [-0.39, 0.29) is 11.1 Å². The van der Waals surface area contributed by atoms with Crippen molar-refractivity contribution in [2.45, 2.75) is 51.1 Å². The minimum absolute atomic E-state index is 0.0999. The molecule has 0 amide bonds. The Bertz CT molecular complexity index is 1050. The lowest BCUT2D eigenvalue weighted by atomic mass is 9.87. The Labute approximate surface area is 185 Å². The summed E-state index contributed by atoms with van der Waals surface area (Å²) in [5.41, 5.74) is 11.3. The molecule has 0 radical (unpaired) electrons. The molecule has 0 aromatic heterocycles. The smallest absolute Gasteiger partial charge is 0.319 e. The van der Waals surface area contributed by atoms with Gasteiger partial charge in [0.2, 0.25) is 0 Å². The second-order valence-electron chi connectivity index (χ2n) is 9.20.